The molecule has 0 saturated heterocycles. The molecule has 214 valence electrons. The van der Waals surface area contributed by atoms with Crippen molar-refractivity contribution in [3.8, 4) is 11.5 Å². The largest absolute Gasteiger partial charge is 0.493 e. The quantitative estimate of drug-likeness (QED) is 0.237. The van der Waals surface area contributed by atoms with Crippen LogP contribution in [0.4, 0.5) is 15.8 Å². The van der Waals surface area contributed by atoms with E-state index in [1.165, 1.54) is 48.1 Å². The first-order valence-electron chi connectivity index (χ1n) is 13.4. The smallest absolute Gasteiger partial charge is 0.252 e. The van der Waals surface area contributed by atoms with Gasteiger partial charge in [-0.25, -0.2) is 9.07 Å². The molecule has 2 amide bonds. The highest BCUT2D eigenvalue weighted by molar-refractivity contribution is 6.05. The van der Waals surface area contributed by atoms with Crippen LogP contribution in [0, 0.1) is 5.82 Å². The molecule has 1 atom stereocenters. The van der Waals surface area contributed by atoms with Crippen LogP contribution in [0.5, 0.6) is 11.5 Å². The molecule has 1 N–H and O–H groups in total. The Kier molecular flexibility index (Phi) is 8.42. The molecule has 5 rings (SSSR count). The van der Waals surface area contributed by atoms with Crippen LogP contribution in [0.2, 0.25) is 0 Å². The minimum Gasteiger partial charge on any atom is -0.493 e. The fourth-order valence-corrected chi connectivity index (χ4v) is 4.75. The third-order valence-corrected chi connectivity index (χ3v) is 6.94. The normalized spacial score (nSPS) is 11.6. The van der Waals surface area contributed by atoms with Crippen LogP contribution >= 0.6 is 0 Å². The number of hydrogen-bond donors (Lipinski definition) is 1. The second kappa shape index (κ2) is 12.5. The number of anilines is 2. The molecule has 10 heteroatoms. The molecule has 4 aromatic carbocycles. The predicted molar refractivity (Wildman–Crippen MR) is 158 cm³/mol. The maximum absolute atomic E-state index is 14.3. The Morgan fingerprint density at radius 1 is 0.929 bits per heavy atom. The maximum Gasteiger partial charge on any atom is 0.252 e. The summed E-state index contributed by atoms with van der Waals surface area (Å²) < 4.78 is 26.0. The number of nitrogens with zero attached hydrogens (tertiary/aromatic N) is 4. The average Bonchev–Trinajstić information content (AvgIpc) is 3.43. The van der Waals surface area contributed by atoms with E-state index in [1.54, 1.807) is 18.2 Å². The Hall–Kier alpha value is -5.25. The first-order valence-corrected chi connectivity index (χ1v) is 13.4. The first kappa shape index (κ1) is 28.3. The van der Waals surface area contributed by atoms with Gasteiger partial charge in [0.1, 0.15) is 23.9 Å². The Labute approximate surface area is 242 Å². The van der Waals surface area contributed by atoms with Gasteiger partial charge in [0.2, 0.25) is 5.91 Å². The molecular weight excluding hydrogens is 537 g/mol. The van der Waals surface area contributed by atoms with Crippen LogP contribution in [0.1, 0.15) is 24.1 Å². The lowest BCUT2D eigenvalue weighted by Gasteiger charge is -2.32. The zero-order valence-electron chi connectivity index (χ0n) is 23.5. The summed E-state index contributed by atoms with van der Waals surface area (Å²) in [5, 5.41) is 11.2. The van der Waals surface area contributed by atoms with Crippen molar-refractivity contribution in [1.29, 1.82) is 0 Å². The monoisotopic (exact) mass is 567 g/mol. The molecule has 0 radical (unpaired) electrons. The van der Waals surface area contributed by atoms with Crippen molar-refractivity contribution in [1.82, 2.24) is 15.0 Å². The number of carbonyl (C=O) groups is 2. The fourth-order valence-electron chi connectivity index (χ4n) is 4.75. The van der Waals surface area contributed by atoms with Crippen LogP contribution in [-0.4, -0.2) is 41.0 Å². The number of ether oxygens (including phenoxy) is 2. The highest BCUT2D eigenvalue weighted by atomic mass is 19.1. The molecule has 0 aliphatic carbocycles. The number of carbonyl (C=O) groups excluding carboxylic acids is 2. The van der Waals surface area contributed by atoms with Crippen LogP contribution in [-0.2, 0) is 22.6 Å². The Bertz CT molecular complexity index is 1700. The Balaban J connectivity index is 1.63. The van der Waals surface area contributed by atoms with Gasteiger partial charge < -0.3 is 14.8 Å². The molecule has 0 spiro atoms. The lowest BCUT2D eigenvalue weighted by Crippen LogP contribution is -2.43. The summed E-state index contributed by atoms with van der Waals surface area (Å²) in [5.74, 6) is -0.477. The predicted octanol–water partition coefficient (Wildman–Crippen LogP) is 5.56. The number of fused-ring (bicyclic) bond motifs is 1. The summed E-state index contributed by atoms with van der Waals surface area (Å²) >= 11 is 0. The molecule has 42 heavy (non-hydrogen) atoms. The molecule has 0 aliphatic heterocycles. The number of rotatable bonds is 10. The molecule has 0 bridgehead atoms. The third kappa shape index (κ3) is 5.92. The van der Waals surface area contributed by atoms with E-state index in [0.29, 0.717) is 39.5 Å². The van der Waals surface area contributed by atoms with Gasteiger partial charge in [-0.2, -0.15) is 0 Å². The van der Waals surface area contributed by atoms with Crippen LogP contribution in [0.25, 0.3) is 11.0 Å². The van der Waals surface area contributed by atoms with Gasteiger partial charge in [0.25, 0.3) is 5.91 Å². The van der Waals surface area contributed by atoms with Crippen LogP contribution in [0.3, 0.4) is 0 Å². The van der Waals surface area contributed by atoms with Crippen molar-refractivity contribution in [3.63, 3.8) is 0 Å². The van der Waals surface area contributed by atoms with Gasteiger partial charge >= 0.3 is 0 Å². The Morgan fingerprint density at radius 3 is 2.33 bits per heavy atom. The summed E-state index contributed by atoms with van der Waals surface area (Å²) in [6.07, 6.45) is 0.809. The van der Waals surface area contributed by atoms with Gasteiger partial charge in [0.15, 0.2) is 11.5 Å². The molecule has 0 saturated carbocycles. The SMILES string of the molecule is CCc1ccc(N(C(=O)Cn2nnc3ccccc32)C(C(=O)Nc2ccc(F)cc2)c2ccc(OC)c(OC)c2)cc1. The second-order valence-corrected chi connectivity index (χ2v) is 9.53. The maximum atomic E-state index is 14.3. The van der Waals surface area contributed by atoms with E-state index in [4.69, 9.17) is 9.47 Å². The molecule has 0 fully saturated rings. The minimum absolute atomic E-state index is 0.177. The van der Waals surface area contributed by atoms with Gasteiger partial charge in [-0.1, -0.05) is 42.5 Å². The molecule has 1 aromatic heterocycles. The number of benzene rings is 4. The van der Waals surface area contributed by atoms with Crippen molar-refractivity contribution in [3.05, 3.63) is 108 Å². The van der Waals surface area contributed by atoms with Gasteiger partial charge in [-0.3, -0.25) is 14.5 Å². The number of hydrogen-bond acceptors (Lipinski definition) is 6. The summed E-state index contributed by atoms with van der Waals surface area (Å²) in [6, 6.07) is 24.1. The highest BCUT2D eigenvalue weighted by Crippen LogP contribution is 2.35. The van der Waals surface area contributed by atoms with Gasteiger partial charge in [0.05, 0.1) is 19.7 Å². The summed E-state index contributed by atoms with van der Waals surface area (Å²) in [5.41, 5.74) is 3.77. The summed E-state index contributed by atoms with van der Waals surface area (Å²) in [6.45, 7) is 1.86. The first-order chi connectivity index (χ1) is 20.4. The van der Waals surface area contributed by atoms with E-state index in [2.05, 4.69) is 15.6 Å². The summed E-state index contributed by atoms with van der Waals surface area (Å²) in [7, 11) is 3.02. The molecule has 1 unspecified atom stereocenters. The Morgan fingerprint density at radius 2 is 1.64 bits per heavy atom. The van der Waals surface area contributed by atoms with E-state index >= 15 is 0 Å². The van der Waals surface area contributed by atoms with Crippen LogP contribution < -0.4 is 19.7 Å². The number of methoxy groups -OCH3 is 2. The van der Waals surface area contributed by atoms with Gasteiger partial charge in [-0.15, -0.1) is 5.10 Å². The van der Waals surface area contributed by atoms with E-state index in [1.807, 2.05) is 55.5 Å². The average molecular weight is 568 g/mol. The van der Waals surface area contributed by atoms with Crippen molar-refractivity contribution in [2.45, 2.75) is 25.9 Å². The number of amides is 2. The van der Waals surface area contributed by atoms with E-state index < -0.39 is 23.7 Å². The zero-order valence-corrected chi connectivity index (χ0v) is 23.5. The molecule has 9 nitrogen and oxygen atoms in total. The lowest BCUT2D eigenvalue weighted by atomic mass is 10.0. The second-order valence-electron chi connectivity index (χ2n) is 9.53. The molecule has 5 aromatic rings. The number of nitrogens with one attached hydrogen (secondary N) is 1. The number of aryl methyl sites for hydroxylation is 1. The molecule has 1 heterocycles. The fraction of sp³-hybridized carbons (Fsp3) is 0.188. The molecular formula is C32H30FN5O4. The van der Waals surface area contributed by atoms with Gasteiger partial charge in [0, 0.05) is 11.4 Å². The van der Waals surface area contributed by atoms with Crippen molar-refractivity contribution in [2.75, 3.05) is 24.4 Å². The molecule has 0 aliphatic rings. The lowest BCUT2D eigenvalue weighted by molar-refractivity contribution is -0.124. The van der Waals surface area contributed by atoms with Crippen molar-refractivity contribution in [2.24, 2.45) is 0 Å². The van der Waals surface area contributed by atoms with Crippen LogP contribution in [0.15, 0.2) is 91.0 Å². The van der Waals surface area contributed by atoms with Crippen molar-refractivity contribution >= 4 is 34.2 Å². The zero-order chi connectivity index (χ0) is 29.6. The topological polar surface area (TPSA) is 98.6 Å². The standard InChI is InChI=1S/C32H30FN5O4/c1-4-21-9-16-25(17-10-21)38(30(39)20-37-27-8-6-5-7-26(27)35-36-37)31(22-11-18-28(41-2)29(19-22)42-3)32(40)34-24-14-12-23(33)13-15-24/h5-19,31H,4,20H2,1-3H3,(H,34,40). The third-order valence-electron chi connectivity index (χ3n) is 6.94. The van der Waals surface area contributed by atoms with E-state index in [-0.39, 0.29) is 6.54 Å². The van der Waals surface area contributed by atoms with Crippen molar-refractivity contribution < 1.29 is 23.5 Å². The minimum atomic E-state index is -1.15. The van der Waals surface area contributed by atoms with E-state index in [9.17, 15) is 14.0 Å². The number of aromatic nitrogens is 3. The summed E-state index contributed by atoms with van der Waals surface area (Å²) in [4.78, 5) is 29.8. The van der Waals surface area contributed by atoms with Gasteiger partial charge in [-0.05, 0) is 78.2 Å². The highest BCUT2D eigenvalue weighted by Gasteiger charge is 2.34. The van der Waals surface area contributed by atoms with E-state index in [0.717, 1.165) is 12.0 Å². The number of halogens is 1. The number of para-hydroxylation sites is 1.